The highest BCUT2D eigenvalue weighted by molar-refractivity contribution is 6.32. The lowest BCUT2D eigenvalue weighted by atomic mass is 10.0. The van der Waals surface area contributed by atoms with Crippen molar-refractivity contribution in [2.45, 2.75) is 26.3 Å². The molecule has 152 valence electrons. The first kappa shape index (κ1) is 18.0. The monoisotopic (exact) mass is 418 g/mol. The number of aryl methyl sites for hydroxylation is 1. The lowest BCUT2D eigenvalue weighted by molar-refractivity contribution is 0.309. The molecule has 0 unspecified atom stereocenters. The predicted octanol–water partition coefficient (Wildman–Crippen LogP) is 5.45. The molecule has 0 bridgehead atoms. The third-order valence-corrected chi connectivity index (χ3v) is 6.56. The van der Waals surface area contributed by atoms with Gasteiger partial charge in [0.05, 0.1) is 23.3 Å². The normalized spacial score (nSPS) is 16.2. The number of fused-ring (bicyclic) bond motifs is 4. The van der Waals surface area contributed by atoms with Crippen molar-refractivity contribution in [2.24, 2.45) is 5.92 Å². The van der Waals surface area contributed by atoms with Gasteiger partial charge in [0.25, 0.3) is 0 Å². The van der Waals surface area contributed by atoms with Crippen LogP contribution in [0.4, 0.5) is 5.82 Å². The van der Waals surface area contributed by atoms with Gasteiger partial charge in [-0.05, 0) is 49.9 Å². The first-order chi connectivity index (χ1) is 14.6. The molecule has 1 aliphatic heterocycles. The molecule has 4 aromatic rings. The van der Waals surface area contributed by atoms with Crippen LogP contribution < -0.4 is 9.64 Å². The molecular weight excluding hydrogens is 396 g/mol. The third-order valence-electron chi connectivity index (χ3n) is 6.34. The van der Waals surface area contributed by atoms with Gasteiger partial charge in [0.2, 0.25) is 0 Å². The zero-order valence-corrected chi connectivity index (χ0v) is 17.9. The Morgan fingerprint density at radius 1 is 1.13 bits per heavy atom. The molecule has 1 aliphatic carbocycles. The Balaban J connectivity index is 1.66. The van der Waals surface area contributed by atoms with Gasteiger partial charge in [-0.15, -0.1) is 0 Å². The Hall–Kier alpha value is -2.79. The maximum Gasteiger partial charge on any atom is 0.171 e. The van der Waals surface area contributed by atoms with Gasteiger partial charge in [-0.2, -0.15) is 0 Å². The fourth-order valence-electron chi connectivity index (χ4n) is 4.66. The molecule has 3 aromatic heterocycles. The van der Waals surface area contributed by atoms with Crippen LogP contribution in [0.3, 0.4) is 0 Å². The summed E-state index contributed by atoms with van der Waals surface area (Å²) in [6, 6.07) is 8.36. The number of hydrogen-bond acceptors (Lipinski definition) is 4. The van der Waals surface area contributed by atoms with E-state index in [0.29, 0.717) is 6.61 Å². The van der Waals surface area contributed by atoms with Crippen LogP contribution >= 0.6 is 11.6 Å². The molecular formula is C24H23ClN4O. The number of pyridine rings is 2. The van der Waals surface area contributed by atoms with Crippen molar-refractivity contribution in [3.63, 3.8) is 0 Å². The summed E-state index contributed by atoms with van der Waals surface area (Å²) in [6.45, 7) is 4.63. The highest BCUT2D eigenvalue weighted by Crippen LogP contribution is 2.43. The van der Waals surface area contributed by atoms with Crippen LogP contribution in [0.25, 0.3) is 32.9 Å². The SMILES string of the molecule is Cc1nccc2c3cc(Cl)cc(-c4cnc5c(c4)OCCN5C)c3n(CC3CC3)c12. The number of nitrogens with zero attached hydrogens (tertiary/aromatic N) is 4. The summed E-state index contributed by atoms with van der Waals surface area (Å²) >= 11 is 6.62. The van der Waals surface area contributed by atoms with Gasteiger partial charge < -0.3 is 14.2 Å². The van der Waals surface area contributed by atoms with Crippen molar-refractivity contribution in [3.8, 4) is 16.9 Å². The average Bonchev–Trinajstić information content (AvgIpc) is 3.50. The molecule has 1 fully saturated rings. The van der Waals surface area contributed by atoms with Crippen LogP contribution in [0.1, 0.15) is 18.5 Å². The van der Waals surface area contributed by atoms with Gasteiger partial charge in [0.15, 0.2) is 11.6 Å². The van der Waals surface area contributed by atoms with Crippen molar-refractivity contribution < 1.29 is 4.74 Å². The Kier molecular flexibility index (Phi) is 3.97. The van der Waals surface area contributed by atoms with Crippen molar-refractivity contribution >= 4 is 39.2 Å². The first-order valence-electron chi connectivity index (χ1n) is 10.5. The van der Waals surface area contributed by atoms with Gasteiger partial charge in [-0.3, -0.25) is 4.98 Å². The summed E-state index contributed by atoms with van der Waals surface area (Å²) in [5, 5.41) is 3.12. The number of anilines is 1. The predicted molar refractivity (Wildman–Crippen MR) is 122 cm³/mol. The number of halogens is 1. The fourth-order valence-corrected chi connectivity index (χ4v) is 4.88. The molecule has 6 rings (SSSR count). The van der Waals surface area contributed by atoms with Crippen LogP contribution in [0, 0.1) is 12.8 Å². The number of rotatable bonds is 3. The summed E-state index contributed by atoms with van der Waals surface area (Å²) in [6.07, 6.45) is 6.43. The zero-order valence-electron chi connectivity index (χ0n) is 17.2. The molecule has 0 spiro atoms. The molecule has 5 nitrogen and oxygen atoms in total. The van der Waals surface area contributed by atoms with E-state index in [1.165, 1.54) is 34.6 Å². The molecule has 2 aliphatic rings. The standard InChI is InChI=1S/C24H23ClN4O/c1-14-22-18(5-6-26-14)20-11-17(25)10-19(23(20)29(22)13-15-3-4-15)16-9-21-24(27-12-16)28(2)7-8-30-21/h5-6,9-12,15H,3-4,7-8,13H2,1-2H3. The lowest BCUT2D eigenvalue weighted by Crippen LogP contribution is -2.29. The van der Waals surface area contributed by atoms with Gasteiger partial charge >= 0.3 is 0 Å². The molecule has 6 heteroatoms. The highest BCUT2D eigenvalue weighted by Gasteiger charge is 2.26. The Labute approximate surface area is 180 Å². The first-order valence-corrected chi connectivity index (χ1v) is 10.9. The van der Waals surface area contributed by atoms with Crippen molar-refractivity contribution in [1.29, 1.82) is 0 Å². The quantitative estimate of drug-likeness (QED) is 0.443. The Bertz CT molecular complexity index is 1310. The van der Waals surface area contributed by atoms with E-state index in [2.05, 4.69) is 52.7 Å². The van der Waals surface area contributed by atoms with Crippen LogP contribution in [0.15, 0.2) is 36.7 Å². The molecule has 30 heavy (non-hydrogen) atoms. The van der Waals surface area contributed by atoms with Crippen molar-refractivity contribution in [2.75, 3.05) is 25.1 Å². The van der Waals surface area contributed by atoms with Crippen LogP contribution in [0.2, 0.25) is 5.02 Å². The summed E-state index contributed by atoms with van der Waals surface area (Å²) in [5.74, 6) is 2.46. The fraction of sp³-hybridized carbons (Fsp3) is 0.333. The van der Waals surface area contributed by atoms with E-state index >= 15 is 0 Å². The molecule has 4 heterocycles. The summed E-state index contributed by atoms with van der Waals surface area (Å²) in [5.41, 5.74) is 5.61. The number of ether oxygens (including phenoxy) is 1. The molecule has 1 aromatic carbocycles. The lowest BCUT2D eigenvalue weighted by Gasteiger charge is -2.26. The second-order valence-corrected chi connectivity index (χ2v) is 8.95. The number of hydrogen-bond donors (Lipinski definition) is 0. The minimum absolute atomic E-state index is 0.673. The molecule has 0 radical (unpaired) electrons. The van der Waals surface area contributed by atoms with E-state index < -0.39 is 0 Å². The number of benzene rings is 1. The molecule has 0 amide bonds. The maximum absolute atomic E-state index is 6.62. The van der Waals surface area contributed by atoms with Gasteiger partial charge in [-0.25, -0.2) is 4.98 Å². The van der Waals surface area contributed by atoms with Gasteiger partial charge in [-0.1, -0.05) is 11.6 Å². The topological polar surface area (TPSA) is 43.2 Å². The van der Waals surface area contributed by atoms with Crippen LogP contribution in [-0.4, -0.2) is 34.7 Å². The summed E-state index contributed by atoms with van der Waals surface area (Å²) in [7, 11) is 2.05. The number of likely N-dealkylation sites (N-methyl/N-ethyl adjacent to an activating group) is 1. The van der Waals surface area contributed by atoms with Crippen molar-refractivity contribution in [1.82, 2.24) is 14.5 Å². The minimum atomic E-state index is 0.673. The summed E-state index contributed by atoms with van der Waals surface area (Å²) < 4.78 is 8.39. The van der Waals surface area contributed by atoms with E-state index in [-0.39, 0.29) is 0 Å². The minimum Gasteiger partial charge on any atom is -0.488 e. The van der Waals surface area contributed by atoms with Crippen LogP contribution in [-0.2, 0) is 6.54 Å². The largest absolute Gasteiger partial charge is 0.488 e. The Morgan fingerprint density at radius 3 is 2.83 bits per heavy atom. The zero-order chi connectivity index (χ0) is 20.4. The molecule has 1 saturated carbocycles. The van der Waals surface area contributed by atoms with E-state index in [1.54, 1.807) is 0 Å². The molecule has 0 saturated heterocycles. The third kappa shape index (κ3) is 2.76. The molecule has 0 N–H and O–H groups in total. The molecule has 0 atom stereocenters. The second kappa shape index (κ2) is 6.61. The maximum atomic E-state index is 6.62. The average molecular weight is 419 g/mol. The van der Waals surface area contributed by atoms with Crippen LogP contribution in [0.5, 0.6) is 5.75 Å². The smallest absolute Gasteiger partial charge is 0.171 e. The van der Waals surface area contributed by atoms with E-state index in [0.717, 1.165) is 52.4 Å². The Morgan fingerprint density at radius 2 is 2.00 bits per heavy atom. The van der Waals surface area contributed by atoms with Crippen molar-refractivity contribution in [3.05, 3.63) is 47.4 Å². The van der Waals surface area contributed by atoms with E-state index in [9.17, 15) is 0 Å². The van der Waals surface area contributed by atoms with E-state index in [4.69, 9.17) is 21.3 Å². The summed E-state index contributed by atoms with van der Waals surface area (Å²) in [4.78, 5) is 11.4. The highest BCUT2D eigenvalue weighted by atomic mass is 35.5. The van der Waals surface area contributed by atoms with E-state index in [1.807, 2.05) is 12.4 Å². The van der Waals surface area contributed by atoms with Gasteiger partial charge in [0, 0.05) is 52.9 Å². The number of aromatic nitrogens is 3. The second-order valence-electron chi connectivity index (χ2n) is 8.51. The van der Waals surface area contributed by atoms with Gasteiger partial charge in [0.1, 0.15) is 6.61 Å².